The first-order valence-electron chi connectivity index (χ1n) is 5.13. The van der Waals surface area contributed by atoms with Gasteiger partial charge in [0.25, 0.3) is 0 Å². The smallest absolute Gasteiger partial charge is 0.161 e. The average Bonchev–Trinajstić information content (AvgIpc) is 2.36. The molecule has 0 spiro atoms. The zero-order chi connectivity index (χ0) is 14.2. The molecule has 0 aliphatic carbocycles. The van der Waals surface area contributed by atoms with Crippen LogP contribution in [-0.4, -0.2) is 0 Å². The topological polar surface area (TPSA) is 0 Å². The van der Waals surface area contributed by atoms with E-state index in [1.54, 1.807) is 18.2 Å². The first kappa shape index (κ1) is 14.7. The lowest BCUT2D eigenvalue weighted by Crippen LogP contribution is -2.01. The maximum absolute atomic E-state index is 13.7. The first-order chi connectivity index (χ1) is 8.90. The maximum atomic E-state index is 13.7. The molecule has 0 saturated heterocycles. The van der Waals surface area contributed by atoms with Crippen LogP contribution in [0.1, 0.15) is 16.5 Å². The second kappa shape index (κ2) is 5.73. The molecule has 1 atom stereocenters. The molecule has 19 heavy (non-hydrogen) atoms. The van der Waals surface area contributed by atoms with Gasteiger partial charge in [0, 0.05) is 21.1 Å². The lowest BCUT2D eigenvalue weighted by molar-refractivity contribution is 0.490. The molecule has 0 saturated carbocycles. The largest absolute Gasteiger partial charge is 0.207 e. The van der Waals surface area contributed by atoms with Crippen molar-refractivity contribution in [3.63, 3.8) is 0 Å². The molecule has 0 amide bonds. The van der Waals surface area contributed by atoms with Gasteiger partial charge in [-0.1, -0.05) is 27.5 Å². The van der Waals surface area contributed by atoms with Gasteiger partial charge in [0.1, 0.15) is 5.82 Å². The summed E-state index contributed by atoms with van der Waals surface area (Å²) in [5, 5.41) is -0.701. The summed E-state index contributed by atoms with van der Waals surface area (Å²) in [6.45, 7) is 0. The summed E-state index contributed by atoms with van der Waals surface area (Å²) in [5.74, 6) is -3.34. The van der Waals surface area contributed by atoms with Crippen molar-refractivity contribution in [2.24, 2.45) is 0 Å². The molecule has 0 heterocycles. The molecule has 2 aromatic carbocycles. The fourth-order valence-corrected chi connectivity index (χ4v) is 2.62. The lowest BCUT2D eigenvalue weighted by Gasteiger charge is -2.14. The Morgan fingerprint density at radius 3 is 2.21 bits per heavy atom. The third-order valence-corrected chi connectivity index (χ3v) is 3.85. The molecule has 0 radical (unpaired) electrons. The van der Waals surface area contributed by atoms with Gasteiger partial charge in [0.05, 0.1) is 5.38 Å². The van der Waals surface area contributed by atoms with Crippen LogP contribution in [0.4, 0.5) is 13.2 Å². The fraction of sp³-hybridized carbons (Fsp3) is 0.0769. The van der Waals surface area contributed by atoms with Crippen molar-refractivity contribution < 1.29 is 13.2 Å². The summed E-state index contributed by atoms with van der Waals surface area (Å²) >= 11 is 15.3. The van der Waals surface area contributed by atoms with Gasteiger partial charge in [0.15, 0.2) is 11.6 Å². The number of benzene rings is 2. The number of halogens is 6. The van der Waals surface area contributed by atoms with E-state index in [4.69, 9.17) is 23.2 Å². The minimum atomic E-state index is -1.26. The monoisotopic (exact) mass is 368 g/mol. The standard InChI is InChI=1S/C13H6BrCl2F3/c14-6-1-2-9(15)7(3-6)13(16)8-4-11(18)12(19)5-10(8)17/h1-5,13H. The van der Waals surface area contributed by atoms with E-state index < -0.39 is 22.8 Å². The number of hydrogen-bond donors (Lipinski definition) is 0. The van der Waals surface area contributed by atoms with Gasteiger partial charge in [-0.15, -0.1) is 11.6 Å². The molecule has 0 N–H and O–H groups in total. The molecule has 0 fully saturated rings. The molecule has 0 aliphatic rings. The van der Waals surface area contributed by atoms with Crippen molar-refractivity contribution in [2.75, 3.05) is 0 Å². The zero-order valence-electron chi connectivity index (χ0n) is 9.23. The van der Waals surface area contributed by atoms with Gasteiger partial charge in [-0.05, 0) is 29.8 Å². The van der Waals surface area contributed by atoms with Gasteiger partial charge in [-0.2, -0.15) is 0 Å². The molecule has 100 valence electrons. The molecule has 2 rings (SSSR count). The first-order valence-corrected chi connectivity index (χ1v) is 6.74. The van der Waals surface area contributed by atoms with Crippen LogP contribution in [0.15, 0.2) is 34.8 Å². The van der Waals surface area contributed by atoms with Crippen LogP contribution in [0.25, 0.3) is 0 Å². The molecule has 0 aromatic heterocycles. The summed E-state index contributed by atoms with van der Waals surface area (Å²) in [6.07, 6.45) is 0. The van der Waals surface area contributed by atoms with Crippen molar-refractivity contribution in [2.45, 2.75) is 5.38 Å². The van der Waals surface area contributed by atoms with E-state index in [2.05, 4.69) is 15.9 Å². The Hall–Kier alpha value is -0.710. The normalized spacial score (nSPS) is 12.5. The highest BCUT2D eigenvalue weighted by atomic mass is 79.9. The third kappa shape index (κ3) is 3.07. The third-order valence-electron chi connectivity index (χ3n) is 2.54. The van der Waals surface area contributed by atoms with Crippen LogP contribution in [0.3, 0.4) is 0 Å². The van der Waals surface area contributed by atoms with E-state index in [0.29, 0.717) is 21.1 Å². The fourth-order valence-electron chi connectivity index (χ4n) is 1.61. The summed E-state index contributed by atoms with van der Waals surface area (Å²) < 4.78 is 40.4. The van der Waals surface area contributed by atoms with Gasteiger partial charge >= 0.3 is 0 Å². The molecule has 1 unspecified atom stereocenters. The van der Waals surface area contributed by atoms with Gasteiger partial charge < -0.3 is 0 Å². The van der Waals surface area contributed by atoms with Crippen LogP contribution in [0.5, 0.6) is 0 Å². The van der Waals surface area contributed by atoms with Crippen molar-refractivity contribution in [3.05, 3.63) is 68.4 Å². The van der Waals surface area contributed by atoms with Crippen LogP contribution < -0.4 is 0 Å². The summed E-state index contributed by atoms with van der Waals surface area (Å²) in [5.41, 5.74) is 0.239. The Labute approximate surface area is 126 Å². The lowest BCUT2D eigenvalue weighted by atomic mass is 10.0. The molecule has 0 bridgehead atoms. The predicted molar refractivity (Wildman–Crippen MR) is 73.2 cm³/mol. The average molecular weight is 370 g/mol. The molecule has 0 aliphatic heterocycles. The quantitative estimate of drug-likeness (QED) is 0.460. The highest BCUT2D eigenvalue weighted by Gasteiger charge is 2.20. The van der Waals surface area contributed by atoms with Crippen LogP contribution in [0, 0.1) is 17.5 Å². The summed E-state index contributed by atoms with van der Waals surface area (Å²) in [7, 11) is 0. The van der Waals surface area contributed by atoms with Crippen LogP contribution in [0.2, 0.25) is 5.02 Å². The molecule has 6 heteroatoms. The highest BCUT2D eigenvalue weighted by molar-refractivity contribution is 9.10. The van der Waals surface area contributed by atoms with E-state index in [9.17, 15) is 13.2 Å². The Morgan fingerprint density at radius 2 is 1.53 bits per heavy atom. The Kier molecular flexibility index (Phi) is 4.43. The van der Waals surface area contributed by atoms with E-state index in [0.717, 1.165) is 6.07 Å². The van der Waals surface area contributed by atoms with Crippen molar-refractivity contribution in [1.82, 2.24) is 0 Å². The second-order valence-electron chi connectivity index (χ2n) is 3.82. The Bertz CT molecular complexity index is 632. The van der Waals surface area contributed by atoms with E-state index in [-0.39, 0.29) is 5.56 Å². The van der Waals surface area contributed by atoms with Gasteiger partial charge in [0.2, 0.25) is 0 Å². The van der Waals surface area contributed by atoms with E-state index in [1.807, 2.05) is 0 Å². The van der Waals surface area contributed by atoms with Crippen molar-refractivity contribution in [1.29, 1.82) is 0 Å². The van der Waals surface area contributed by atoms with E-state index in [1.165, 1.54) is 0 Å². The van der Waals surface area contributed by atoms with Crippen molar-refractivity contribution in [3.8, 4) is 0 Å². The maximum Gasteiger partial charge on any atom is 0.161 e. The molecular weight excluding hydrogens is 364 g/mol. The highest BCUT2D eigenvalue weighted by Crippen LogP contribution is 2.36. The SMILES string of the molecule is Fc1cc(F)c(C(Cl)c2cc(Br)ccc2Cl)cc1F. The van der Waals surface area contributed by atoms with Crippen LogP contribution in [-0.2, 0) is 0 Å². The van der Waals surface area contributed by atoms with Crippen LogP contribution >= 0.6 is 39.1 Å². The minimum absolute atomic E-state index is 0.166. The summed E-state index contributed by atoms with van der Waals surface area (Å²) in [6, 6.07) is 6.07. The number of alkyl halides is 1. The van der Waals surface area contributed by atoms with Crippen molar-refractivity contribution >= 4 is 39.1 Å². The zero-order valence-corrected chi connectivity index (χ0v) is 12.3. The van der Waals surface area contributed by atoms with E-state index >= 15 is 0 Å². The van der Waals surface area contributed by atoms with Gasteiger partial charge in [-0.3, -0.25) is 0 Å². The molecular formula is C13H6BrCl2F3. The second-order valence-corrected chi connectivity index (χ2v) is 5.58. The molecule has 0 nitrogen and oxygen atoms in total. The number of rotatable bonds is 2. The Balaban J connectivity index is 2.52. The van der Waals surface area contributed by atoms with Gasteiger partial charge in [-0.25, -0.2) is 13.2 Å². The summed E-state index contributed by atoms with van der Waals surface area (Å²) in [4.78, 5) is 0. The predicted octanol–water partition coefficient (Wildman–Crippen LogP) is 5.85. The minimum Gasteiger partial charge on any atom is -0.207 e. The Morgan fingerprint density at radius 1 is 0.895 bits per heavy atom. The molecule has 2 aromatic rings. The number of hydrogen-bond acceptors (Lipinski definition) is 0.